The lowest BCUT2D eigenvalue weighted by atomic mass is 9.91. The van der Waals surface area contributed by atoms with Crippen molar-refractivity contribution >= 4 is 23.7 Å². The molecular formula is C30H33N5O4. The Balaban J connectivity index is 1.23. The molecule has 5 rings (SSSR count). The van der Waals surface area contributed by atoms with E-state index in [1.807, 2.05) is 30.2 Å². The number of nitrogens with zero attached hydrogens (tertiary/aromatic N) is 4. The summed E-state index contributed by atoms with van der Waals surface area (Å²) in [5.74, 6) is 1.28. The second-order valence-corrected chi connectivity index (χ2v) is 10.3. The summed E-state index contributed by atoms with van der Waals surface area (Å²) in [7, 11) is 1.59. The van der Waals surface area contributed by atoms with Gasteiger partial charge in [0.25, 0.3) is 11.8 Å². The summed E-state index contributed by atoms with van der Waals surface area (Å²) in [5, 5.41) is 2.84. The molecule has 1 N–H and O–H groups in total. The molecule has 1 atom stereocenters. The highest BCUT2D eigenvalue weighted by atomic mass is 16.5. The van der Waals surface area contributed by atoms with Gasteiger partial charge in [-0.1, -0.05) is 30.3 Å². The Morgan fingerprint density at radius 3 is 2.28 bits per heavy atom. The third-order valence-electron chi connectivity index (χ3n) is 7.54. The summed E-state index contributed by atoms with van der Waals surface area (Å²) >= 11 is 0. The maximum atomic E-state index is 13.4. The van der Waals surface area contributed by atoms with Gasteiger partial charge < -0.3 is 19.9 Å². The lowest BCUT2D eigenvalue weighted by Gasteiger charge is -2.36. The van der Waals surface area contributed by atoms with Crippen LogP contribution in [0.25, 0.3) is 0 Å². The van der Waals surface area contributed by atoms with E-state index in [9.17, 15) is 14.4 Å². The molecule has 0 saturated carbocycles. The molecule has 2 aliphatic rings. The van der Waals surface area contributed by atoms with Crippen LogP contribution in [-0.4, -0.2) is 65.9 Å². The van der Waals surface area contributed by atoms with Crippen molar-refractivity contribution in [3.8, 4) is 5.75 Å². The predicted octanol–water partition coefficient (Wildman–Crippen LogP) is 3.64. The molecule has 0 bridgehead atoms. The fourth-order valence-electron chi connectivity index (χ4n) is 5.24. The maximum Gasteiger partial charge on any atom is 0.325 e. The molecule has 0 aliphatic carbocycles. The van der Waals surface area contributed by atoms with Crippen LogP contribution in [0.15, 0.2) is 60.8 Å². The molecule has 9 nitrogen and oxygen atoms in total. The number of carbonyl (C=O) groups excluding carboxylic acids is 3. The number of urea groups is 1. The summed E-state index contributed by atoms with van der Waals surface area (Å²) in [6, 6.07) is 15.9. The van der Waals surface area contributed by atoms with E-state index in [1.54, 1.807) is 50.4 Å². The Labute approximate surface area is 228 Å². The highest BCUT2D eigenvalue weighted by molar-refractivity contribution is 6.07. The highest BCUT2D eigenvalue weighted by Crippen LogP contribution is 2.30. The molecule has 39 heavy (non-hydrogen) atoms. The molecule has 4 amide bonds. The van der Waals surface area contributed by atoms with Crippen LogP contribution in [0.1, 0.15) is 39.5 Å². The van der Waals surface area contributed by atoms with Crippen LogP contribution >= 0.6 is 0 Å². The zero-order chi connectivity index (χ0) is 27.7. The first-order valence-corrected chi connectivity index (χ1v) is 13.0. The quantitative estimate of drug-likeness (QED) is 0.492. The van der Waals surface area contributed by atoms with Gasteiger partial charge in [0, 0.05) is 37.9 Å². The van der Waals surface area contributed by atoms with Crippen LogP contribution in [0.2, 0.25) is 0 Å². The topological polar surface area (TPSA) is 95.1 Å². The van der Waals surface area contributed by atoms with Crippen molar-refractivity contribution in [2.75, 3.05) is 38.2 Å². The minimum absolute atomic E-state index is 0.0529. The number of benzene rings is 2. The molecule has 1 unspecified atom stereocenters. The van der Waals surface area contributed by atoms with Crippen molar-refractivity contribution in [1.29, 1.82) is 0 Å². The summed E-state index contributed by atoms with van der Waals surface area (Å²) in [4.78, 5) is 49.2. The Morgan fingerprint density at radius 2 is 1.67 bits per heavy atom. The SMILES string of the molecule is COc1ccc(CN2C(=O)NC(C)(c3ccc(C(=O)N4CCN(c5ncc(C)cc5C)CC4)cc3)C2=O)cc1. The first-order chi connectivity index (χ1) is 18.7. The number of carbonyl (C=O) groups is 3. The molecule has 2 saturated heterocycles. The molecule has 202 valence electrons. The number of methoxy groups -OCH3 is 1. The largest absolute Gasteiger partial charge is 0.497 e. The van der Waals surface area contributed by atoms with E-state index in [1.165, 1.54) is 4.90 Å². The molecule has 2 aromatic carbocycles. The summed E-state index contributed by atoms with van der Waals surface area (Å²) in [6.07, 6.45) is 1.87. The number of imide groups is 1. The zero-order valence-electron chi connectivity index (χ0n) is 22.7. The van der Waals surface area contributed by atoms with E-state index in [-0.39, 0.29) is 18.4 Å². The Hall–Kier alpha value is -4.40. The fourth-order valence-corrected chi connectivity index (χ4v) is 5.24. The van der Waals surface area contributed by atoms with E-state index in [0.29, 0.717) is 43.1 Å². The number of aryl methyl sites for hydroxylation is 2. The number of amides is 4. The molecule has 2 fully saturated rings. The van der Waals surface area contributed by atoms with Gasteiger partial charge in [0.2, 0.25) is 0 Å². The van der Waals surface area contributed by atoms with Crippen LogP contribution in [0.3, 0.4) is 0 Å². The normalized spacial score (nSPS) is 19.3. The number of nitrogens with one attached hydrogen (secondary N) is 1. The molecular weight excluding hydrogens is 494 g/mol. The van der Waals surface area contributed by atoms with Gasteiger partial charge in [0.05, 0.1) is 13.7 Å². The molecule has 1 aromatic heterocycles. The number of piperazine rings is 1. The minimum atomic E-state index is -1.21. The number of rotatable bonds is 6. The van der Waals surface area contributed by atoms with E-state index >= 15 is 0 Å². The van der Waals surface area contributed by atoms with Crippen molar-refractivity contribution in [3.63, 3.8) is 0 Å². The summed E-state index contributed by atoms with van der Waals surface area (Å²) in [5.41, 5.74) is 3.04. The van der Waals surface area contributed by atoms with Gasteiger partial charge in [-0.15, -0.1) is 0 Å². The smallest absolute Gasteiger partial charge is 0.325 e. The minimum Gasteiger partial charge on any atom is -0.497 e. The van der Waals surface area contributed by atoms with Gasteiger partial charge in [0.1, 0.15) is 17.1 Å². The van der Waals surface area contributed by atoms with Gasteiger partial charge in [-0.3, -0.25) is 14.5 Å². The van der Waals surface area contributed by atoms with Crippen molar-refractivity contribution in [3.05, 3.63) is 88.6 Å². The van der Waals surface area contributed by atoms with Crippen molar-refractivity contribution in [2.45, 2.75) is 32.9 Å². The highest BCUT2D eigenvalue weighted by Gasteiger charge is 2.48. The molecule has 3 heterocycles. The van der Waals surface area contributed by atoms with Crippen LogP contribution in [-0.2, 0) is 16.9 Å². The molecule has 3 aromatic rings. The van der Waals surface area contributed by atoms with E-state index in [2.05, 4.69) is 28.2 Å². The maximum absolute atomic E-state index is 13.4. The average molecular weight is 528 g/mol. The third-order valence-corrected chi connectivity index (χ3v) is 7.54. The number of hydrogen-bond donors (Lipinski definition) is 1. The van der Waals surface area contributed by atoms with Gasteiger partial charge >= 0.3 is 6.03 Å². The zero-order valence-corrected chi connectivity index (χ0v) is 22.7. The third kappa shape index (κ3) is 5.04. The molecule has 2 aliphatic heterocycles. The van der Waals surface area contributed by atoms with Crippen LogP contribution in [0.4, 0.5) is 10.6 Å². The van der Waals surface area contributed by atoms with E-state index < -0.39 is 11.6 Å². The van der Waals surface area contributed by atoms with Crippen LogP contribution < -0.4 is 15.0 Å². The first-order valence-electron chi connectivity index (χ1n) is 13.0. The standard InChI is InChI=1S/C30H33N5O4/c1-20-17-21(2)26(31-18-20)33-13-15-34(16-14-33)27(36)23-7-9-24(10-8-23)30(3)28(37)35(29(38)32-30)19-22-5-11-25(39-4)12-6-22/h5-12,17-18H,13-16,19H2,1-4H3,(H,32,38). The van der Waals surface area contributed by atoms with Crippen LogP contribution in [0.5, 0.6) is 5.75 Å². The van der Waals surface area contributed by atoms with E-state index in [4.69, 9.17) is 4.74 Å². The van der Waals surface area contributed by atoms with Crippen molar-refractivity contribution in [1.82, 2.24) is 20.1 Å². The number of anilines is 1. The van der Waals surface area contributed by atoms with E-state index in [0.717, 1.165) is 22.5 Å². The average Bonchev–Trinajstić information content (AvgIpc) is 3.17. The molecule has 9 heteroatoms. The van der Waals surface area contributed by atoms with Crippen molar-refractivity contribution in [2.24, 2.45) is 0 Å². The lowest BCUT2D eigenvalue weighted by molar-refractivity contribution is -0.131. The Kier molecular flexibility index (Phi) is 6.99. The van der Waals surface area contributed by atoms with Gasteiger partial charge in [-0.2, -0.15) is 0 Å². The van der Waals surface area contributed by atoms with Crippen LogP contribution in [0, 0.1) is 13.8 Å². The molecule has 0 radical (unpaired) electrons. The summed E-state index contributed by atoms with van der Waals surface area (Å²) in [6.45, 7) is 8.56. The second kappa shape index (κ2) is 10.4. The molecule has 0 spiro atoms. The number of ether oxygens (including phenoxy) is 1. The predicted molar refractivity (Wildman–Crippen MR) is 148 cm³/mol. The Bertz CT molecular complexity index is 1400. The summed E-state index contributed by atoms with van der Waals surface area (Å²) < 4.78 is 5.18. The van der Waals surface area contributed by atoms with Gasteiger partial charge in [-0.05, 0) is 67.3 Å². The number of pyridine rings is 1. The first kappa shape index (κ1) is 26.2. The van der Waals surface area contributed by atoms with Crippen molar-refractivity contribution < 1.29 is 19.1 Å². The fraction of sp³-hybridized carbons (Fsp3) is 0.333. The number of aromatic nitrogens is 1. The second-order valence-electron chi connectivity index (χ2n) is 10.3. The lowest BCUT2D eigenvalue weighted by Crippen LogP contribution is -2.49. The van der Waals surface area contributed by atoms with Gasteiger partial charge in [-0.25, -0.2) is 9.78 Å². The monoisotopic (exact) mass is 527 g/mol. The Morgan fingerprint density at radius 1 is 1.00 bits per heavy atom. The van der Waals surface area contributed by atoms with Gasteiger partial charge in [0.15, 0.2) is 0 Å². The number of hydrogen-bond acceptors (Lipinski definition) is 6.